The SMILES string of the molecule is COc1cc(C)c(C(N)C(C)C(=O)O)cc1C(C)C. The number of aliphatic carboxylic acids is 1. The van der Waals surface area contributed by atoms with Gasteiger partial charge in [0, 0.05) is 6.04 Å². The molecular weight excluding hydrogens is 242 g/mol. The van der Waals surface area contributed by atoms with Gasteiger partial charge in [0.15, 0.2) is 0 Å². The Hall–Kier alpha value is -1.55. The fraction of sp³-hybridized carbons (Fsp3) is 0.533. The first-order valence-corrected chi connectivity index (χ1v) is 6.46. The molecule has 1 aromatic rings. The predicted octanol–water partition coefficient (Wildman–Crippen LogP) is 2.85. The fourth-order valence-electron chi connectivity index (χ4n) is 2.13. The van der Waals surface area contributed by atoms with Gasteiger partial charge in [0.05, 0.1) is 13.0 Å². The fourth-order valence-corrected chi connectivity index (χ4v) is 2.13. The molecule has 0 saturated carbocycles. The maximum atomic E-state index is 11.1. The summed E-state index contributed by atoms with van der Waals surface area (Å²) in [6.45, 7) is 7.70. The van der Waals surface area contributed by atoms with Crippen LogP contribution in [0.3, 0.4) is 0 Å². The molecule has 0 heterocycles. The quantitative estimate of drug-likeness (QED) is 0.858. The molecule has 0 aliphatic heterocycles. The zero-order chi connectivity index (χ0) is 14.7. The number of aryl methyl sites for hydroxylation is 1. The van der Waals surface area contributed by atoms with Crippen LogP contribution in [0.4, 0.5) is 0 Å². The highest BCUT2D eigenvalue weighted by Gasteiger charge is 2.24. The Morgan fingerprint density at radius 2 is 1.84 bits per heavy atom. The molecule has 0 saturated heterocycles. The lowest BCUT2D eigenvalue weighted by molar-refractivity contribution is -0.141. The number of methoxy groups -OCH3 is 1. The Balaban J connectivity index is 3.28. The molecule has 0 bridgehead atoms. The van der Waals surface area contributed by atoms with E-state index in [1.165, 1.54) is 0 Å². The number of carboxylic acid groups (broad SMARTS) is 1. The third kappa shape index (κ3) is 3.26. The summed E-state index contributed by atoms with van der Waals surface area (Å²) in [5.41, 5.74) is 8.97. The summed E-state index contributed by atoms with van der Waals surface area (Å²) in [6, 6.07) is 3.39. The van der Waals surface area contributed by atoms with Gasteiger partial charge in [-0.15, -0.1) is 0 Å². The second kappa shape index (κ2) is 6.06. The Kier molecular flexibility index (Phi) is 4.95. The zero-order valence-corrected chi connectivity index (χ0v) is 12.2. The van der Waals surface area contributed by atoms with Crippen molar-refractivity contribution in [3.8, 4) is 5.75 Å². The lowest BCUT2D eigenvalue weighted by atomic mass is 9.88. The van der Waals surface area contributed by atoms with Gasteiger partial charge in [-0.2, -0.15) is 0 Å². The number of carboxylic acids is 1. The van der Waals surface area contributed by atoms with Crippen molar-refractivity contribution in [1.29, 1.82) is 0 Å². The molecule has 3 N–H and O–H groups in total. The van der Waals surface area contributed by atoms with E-state index in [-0.39, 0.29) is 0 Å². The highest BCUT2D eigenvalue weighted by molar-refractivity contribution is 5.71. The van der Waals surface area contributed by atoms with E-state index in [1.54, 1.807) is 14.0 Å². The number of ether oxygens (including phenoxy) is 1. The van der Waals surface area contributed by atoms with Crippen LogP contribution in [0.2, 0.25) is 0 Å². The second-order valence-corrected chi connectivity index (χ2v) is 5.26. The molecule has 2 atom stereocenters. The summed E-state index contributed by atoms with van der Waals surface area (Å²) in [7, 11) is 1.64. The van der Waals surface area contributed by atoms with E-state index < -0.39 is 17.9 Å². The summed E-state index contributed by atoms with van der Waals surface area (Å²) in [5.74, 6) is -0.381. The van der Waals surface area contributed by atoms with Gasteiger partial charge in [-0.1, -0.05) is 20.8 Å². The molecule has 0 fully saturated rings. The van der Waals surface area contributed by atoms with Gasteiger partial charge in [-0.25, -0.2) is 0 Å². The van der Waals surface area contributed by atoms with Crippen molar-refractivity contribution in [2.75, 3.05) is 7.11 Å². The first-order valence-electron chi connectivity index (χ1n) is 6.46. The lowest BCUT2D eigenvalue weighted by Crippen LogP contribution is -2.26. The normalized spacial score (nSPS) is 14.3. The second-order valence-electron chi connectivity index (χ2n) is 5.26. The number of hydrogen-bond acceptors (Lipinski definition) is 3. The van der Waals surface area contributed by atoms with Crippen LogP contribution in [-0.2, 0) is 4.79 Å². The predicted molar refractivity (Wildman–Crippen MR) is 75.5 cm³/mol. The average Bonchev–Trinajstić information content (AvgIpc) is 2.35. The minimum atomic E-state index is -0.881. The maximum absolute atomic E-state index is 11.1. The first kappa shape index (κ1) is 15.5. The molecule has 4 nitrogen and oxygen atoms in total. The van der Waals surface area contributed by atoms with Gasteiger partial charge in [0.2, 0.25) is 0 Å². The lowest BCUT2D eigenvalue weighted by Gasteiger charge is -2.22. The van der Waals surface area contributed by atoms with Crippen LogP contribution in [0.1, 0.15) is 49.4 Å². The van der Waals surface area contributed by atoms with Gasteiger partial charge in [-0.05, 0) is 41.7 Å². The van der Waals surface area contributed by atoms with Gasteiger partial charge in [0.25, 0.3) is 0 Å². The largest absolute Gasteiger partial charge is 0.496 e. The smallest absolute Gasteiger partial charge is 0.308 e. The molecule has 1 rings (SSSR count). The Morgan fingerprint density at radius 1 is 1.26 bits per heavy atom. The molecule has 1 aromatic carbocycles. The van der Waals surface area contributed by atoms with Crippen LogP contribution in [-0.4, -0.2) is 18.2 Å². The van der Waals surface area contributed by atoms with Crippen LogP contribution in [0, 0.1) is 12.8 Å². The summed E-state index contributed by atoms with van der Waals surface area (Å²) in [4.78, 5) is 11.1. The first-order chi connectivity index (χ1) is 8.79. The van der Waals surface area contributed by atoms with E-state index in [4.69, 9.17) is 15.6 Å². The molecule has 0 aliphatic carbocycles. The highest BCUT2D eigenvalue weighted by Crippen LogP contribution is 2.33. The number of nitrogens with two attached hydrogens (primary N) is 1. The third-order valence-corrected chi connectivity index (χ3v) is 3.53. The van der Waals surface area contributed by atoms with Crippen molar-refractivity contribution >= 4 is 5.97 Å². The van der Waals surface area contributed by atoms with E-state index in [2.05, 4.69) is 13.8 Å². The number of carbonyl (C=O) groups is 1. The molecule has 0 aromatic heterocycles. The zero-order valence-electron chi connectivity index (χ0n) is 12.2. The number of benzene rings is 1. The summed E-state index contributed by atoms with van der Waals surface area (Å²) >= 11 is 0. The Bertz CT molecular complexity index is 469. The van der Waals surface area contributed by atoms with Crippen molar-refractivity contribution in [1.82, 2.24) is 0 Å². The van der Waals surface area contributed by atoms with Crippen molar-refractivity contribution < 1.29 is 14.6 Å². The molecule has 4 heteroatoms. The minimum Gasteiger partial charge on any atom is -0.496 e. The third-order valence-electron chi connectivity index (χ3n) is 3.53. The molecular formula is C15H23NO3. The molecule has 0 radical (unpaired) electrons. The molecule has 0 aliphatic rings. The van der Waals surface area contributed by atoms with E-state index in [0.717, 1.165) is 22.4 Å². The van der Waals surface area contributed by atoms with Crippen LogP contribution in [0.25, 0.3) is 0 Å². The van der Waals surface area contributed by atoms with Crippen molar-refractivity contribution in [2.24, 2.45) is 11.7 Å². The molecule has 0 spiro atoms. The highest BCUT2D eigenvalue weighted by atomic mass is 16.5. The minimum absolute atomic E-state index is 0.293. The van der Waals surface area contributed by atoms with Gasteiger partial charge in [-0.3, -0.25) is 4.79 Å². The number of rotatable bonds is 5. The van der Waals surface area contributed by atoms with E-state index in [1.807, 2.05) is 19.1 Å². The van der Waals surface area contributed by atoms with Gasteiger partial charge >= 0.3 is 5.97 Å². The Labute approximate surface area is 114 Å². The topological polar surface area (TPSA) is 72.5 Å². The van der Waals surface area contributed by atoms with Crippen LogP contribution < -0.4 is 10.5 Å². The van der Waals surface area contributed by atoms with E-state index >= 15 is 0 Å². The van der Waals surface area contributed by atoms with Crippen LogP contribution >= 0.6 is 0 Å². The average molecular weight is 265 g/mol. The standard InChI is InChI=1S/C15H23NO3/c1-8(2)11-7-12(9(3)6-13(11)19-5)14(16)10(4)15(17)18/h6-8,10,14H,16H2,1-5H3,(H,17,18). The molecule has 19 heavy (non-hydrogen) atoms. The monoisotopic (exact) mass is 265 g/mol. The van der Waals surface area contributed by atoms with E-state index in [0.29, 0.717) is 5.92 Å². The van der Waals surface area contributed by atoms with Crippen molar-refractivity contribution in [2.45, 2.75) is 39.7 Å². The number of hydrogen-bond donors (Lipinski definition) is 2. The van der Waals surface area contributed by atoms with Gasteiger partial charge < -0.3 is 15.6 Å². The molecule has 106 valence electrons. The summed E-state index contributed by atoms with van der Waals surface area (Å²) < 4.78 is 5.37. The maximum Gasteiger partial charge on any atom is 0.308 e. The molecule has 2 unspecified atom stereocenters. The van der Waals surface area contributed by atoms with Crippen LogP contribution in [0.5, 0.6) is 5.75 Å². The Morgan fingerprint density at radius 3 is 2.26 bits per heavy atom. The van der Waals surface area contributed by atoms with Crippen molar-refractivity contribution in [3.63, 3.8) is 0 Å². The summed E-state index contributed by atoms with van der Waals surface area (Å²) in [5, 5.41) is 9.08. The van der Waals surface area contributed by atoms with Crippen LogP contribution in [0.15, 0.2) is 12.1 Å². The van der Waals surface area contributed by atoms with Gasteiger partial charge in [0.1, 0.15) is 5.75 Å². The van der Waals surface area contributed by atoms with E-state index in [9.17, 15) is 4.79 Å². The summed E-state index contributed by atoms with van der Waals surface area (Å²) in [6.07, 6.45) is 0. The molecule has 0 amide bonds. The van der Waals surface area contributed by atoms with Crippen molar-refractivity contribution in [3.05, 3.63) is 28.8 Å².